The van der Waals surface area contributed by atoms with Crippen molar-refractivity contribution >= 4 is 11.7 Å². The molecule has 0 aliphatic rings. The van der Waals surface area contributed by atoms with E-state index in [2.05, 4.69) is 15.5 Å². The molecule has 19 heavy (non-hydrogen) atoms. The van der Waals surface area contributed by atoms with E-state index < -0.39 is 0 Å². The second-order valence-corrected chi connectivity index (χ2v) is 4.24. The number of H-pyrrole nitrogens is 1. The van der Waals surface area contributed by atoms with Gasteiger partial charge in [0, 0.05) is 11.8 Å². The van der Waals surface area contributed by atoms with Crippen LogP contribution in [-0.2, 0) is 11.2 Å². The topological polar surface area (TPSA) is 67.0 Å². The van der Waals surface area contributed by atoms with Crippen LogP contribution in [0.15, 0.2) is 30.3 Å². The van der Waals surface area contributed by atoms with Crippen molar-refractivity contribution in [3.63, 3.8) is 0 Å². The van der Waals surface area contributed by atoms with E-state index >= 15 is 0 Å². The van der Waals surface area contributed by atoms with Crippen molar-refractivity contribution in [2.24, 2.45) is 0 Å². The molecule has 0 aliphatic carbocycles. The monoisotopic (exact) mass is 259 g/mol. The number of nitrogens with zero attached hydrogens (tertiary/aromatic N) is 1. The minimum atomic E-state index is -0.0874. The Balaban J connectivity index is 1.91. The highest BCUT2D eigenvalue weighted by molar-refractivity contribution is 5.91. The van der Waals surface area contributed by atoms with Crippen LogP contribution in [-0.4, -0.2) is 22.7 Å². The number of benzene rings is 1. The highest BCUT2D eigenvalue weighted by Gasteiger charge is 2.06. The molecular formula is C14H17N3O2. The summed E-state index contributed by atoms with van der Waals surface area (Å²) in [6.07, 6.45) is 0.318. The van der Waals surface area contributed by atoms with E-state index in [0.29, 0.717) is 18.8 Å². The lowest BCUT2D eigenvalue weighted by Crippen LogP contribution is -2.14. The minimum absolute atomic E-state index is 0.0874. The van der Waals surface area contributed by atoms with E-state index in [-0.39, 0.29) is 5.91 Å². The molecule has 0 aliphatic heterocycles. The molecule has 0 unspecified atom stereocenters. The van der Waals surface area contributed by atoms with Gasteiger partial charge in [0.25, 0.3) is 0 Å². The van der Waals surface area contributed by atoms with Gasteiger partial charge in [-0.15, -0.1) is 0 Å². The summed E-state index contributed by atoms with van der Waals surface area (Å²) in [4.78, 5) is 11.8. The second kappa shape index (κ2) is 6.04. The van der Waals surface area contributed by atoms with Gasteiger partial charge in [0.15, 0.2) is 5.82 Å². The maximum absolute atomic E-state index is 11.8. The van der Waals surface area contributed by atoms with Gasteiger partial charge in [-0.3, -0.25) is 9.89 Å². The van der Waals surface area contributed by atoms with Crippen molar-refractivity contribution < 1.29 is 9.53 Å². The third kappa shape index (κ3) is 3.84. The normalized spacial score (nSPS) is 10.2. The van der Waals surface area contributed by atoms with Crippen molar-refractivity contribution in [3.05, 3.63) is 41.6 Å². The van der Waals surface area contributed by atoms with Crippen LogP contribution in [0.1, 0.15) is 18.2 Å². The third-order valence-electron chi connectivity index (χ3n) is 2.57. The molecule has 0 spiro atoms. The number of nitrogens with one attached hydrogen (secondary N) is 2. The number of ether oxygens (including phenoxy) is 1. The standard InChI is InChI=1S/C14H17N3O2/c1-3-19-12-6-4-11(5-7-12)9-14(18)15-13-8-10(2)16-17-13/h4-8H,3,9H2,1-2H3,(H2,15,16,17,18). The molecule has 1 aromatic carbocycles. The molecule has 1 heterocycles. The number of anilines is 1. The Bertz CT molecular complexity index is 546. The minimum Gasteiger partial charge on any atom is -0.494 e. The Kier molecular flexibility index (Phi) is 4.18. The molecule has 0 atom stereocenters. The summed E-state index contributed by atoms with van der Waals surface area (Å²) in [5, 5.41) is 9.48. The van der Waals surface area contributed by atoms with Gasteiger partial charge >= 0.3 is 0 Å². The summed E-state index contributed by atoms with van der Waals surface area (Å²) in [6.45, 7) is 4.46. The van der Waals surface area contributed by atoms with Crippen molar-refractivity contribution in [2.45, 2.75) is 20.3 Å². The predicted octanol–water partition coefficient (Wildman–Crippen LogP) is 2.30. The average molecular weight is 259 g/mol. The first-order valence-corrected chi connectivity index (χ1v) is 6.21. The number of hydrogen-bond acceptors (Lipinski definition) is 3. The Morgan fingerprint density at radius 2 is 2.11 bits per heavy atom. The lowest BCUT2D eigenvalue weighted by Gasteiger charge is -2.05. The van der Waals surface area contributed by atoms with E-state index in [1.165, 1.54) is 0 Å². The average Bonchev–Trinajstić information content (AvgIpc) is 2.77. The van der Waals surface area contributed by atoms with Gasteiger partial charge in [-0.05, 0) is 31.5 Å². The number of aromatic amines is 1. The van der Waals surface area contributed by atoms with Crippen molar-refractivity contribution in [2.75, 3.05) is 11.9 Å². The fourth-order valence-electron chi connectivity index (χ4n) is 1.72. The highest BCUT2D eigenvalue weighted by atomic mass is 16.5. The van der Waals surface area contributed by atoms with Crippen LogP contribution >= 0.6 is 0 Å². The first kappa shape index (κ1) is 13.1. The largest absolute Gasteiger partial charge is 0.494 e. The molecule has 1 aromatic heterocycles. The zero-order valence-corrected chi connectivity index (χ0v) is 11.1. The van der Waals surface area contributed by atoms with Crippen LogP contribution in [0.3, 0.4) is 0 Å². The highest BCUT2D eigenvalue weighted by Crippen LogP contribution is 2.13. The SMILES string of the molecule is CCOc1ccc(CC(=O)Nc2cc(C)[nH]n2)cc1. The van der Waals surface area contributed by atoms with Gasteiger partial charge in [0.1, 0.15) is 5.75 Å². The lowest BCUT2D eigenvalue weighted by atomic mass is 10.1. The quantitative estimate of drug-likeness (QED) is 0.865. The smallest absolute Gasteiger partial charge is 0.229 e. The molecule has 0 bridgehead atoms. The molecular weight excluding hydrogens is 242 g/mol. The fourth-order valence-corrected chi connectivity index (χ4v) is 1.72. The van der Waals surface area contributed by atoms with Crippen molar-refractivity contribution in [1.82, 2.24) is 10.2 Å². The van der Waals surface area contributed by atoms with Gasteiger partial charge in [-0.2, -0.15) is 5.10 Å². The van der Waals surface area contributed by atoms with Gasteiger partial charge in [-0.1, -0.05) is 12.1 Å². The number of rotatable bonds is 5. The predicted molar refractivity (Wildman–Crippen MR) is 73.3 cm³/mol. The van der Waals surface area contributed by atoms with E-state index in [0.717, 1.165) is 17.0 Å². The number of amides is 1. The zero-order chi connectivity index (χ0) is 13.7. The Morgan fingerprint density at radius 1 is 1.37 bits per heavy atom. The molecule has 0 saturated heterocycles. The molecule has 2 rings (SSSR count). The third-order valence-corrected chi connectivity index (χ3v) is 2.57. The molecule has 5 heteroatoms. The van der Waals surface area contributed by atoms with Crippen LogP contribution < -0.4 is 10.1 Å². The Morgan fingerprint density at radius 3 is 2.68 bits per heavy atom. The summed E-state index contributed by atoms with van der Waals surface area (Å²) >= 11 is 0. The molecule has 0 fully saturated rings. The zero-order valence-electron chi connectivity index (χ0n) is 11.1. The molecule has 0 radical (unpaired) electrons. The molecule has 1 amide bonds. The molecule has 100 valence electrons. The number of carbonyl (C=O) groups excluding carboxylic acids is 1. The molecule has 5 nitrogen and oxygen atoms in total. The van der Waals surface area contributed by atoms with Crippen LogP contribution in [0.4, 0.5) is 5.82 Å². The molecule has 2 N–H and O–H groups in total. The first-order valence-electron chi connectivity index (χ1n) is 6.21. The number of aromatic nitrogens is 2. The van der Waals surface area contributed by atoms with Crippen LogP contribution in [0, 0.1) is 6.92 Å². The Labute approximate surface area is 112 Å². The summed E-state index contributed by atoms with van der Waals surface area (Å²) in [5.74, 6) is 1.28. The lowest BCUT2D eigenvalue weighted by molar-refractivity contribution is -0.115. The first-order chi connectivity index (χ1) is 9.17. The van der Waals surface area contributed by atoms with Crippen LogP contribution in [0.5, 0.6) is 5.75 Å². The Hall–Kier alpha value is -2.30. The van der Waals surface area contributed by atoms with Gasteiger partial charge < -0.3 is 10.1 Å². The molecule has 2 aromatic rings. The van der Waals surface area contributed by atoms with Crippen molar-refractivity contribution in [3.8, 4) is 5.75 Å². The summed E-state index contributed by atoms with van der Waals surface area (Å²) in [7, 11) is 0. The number of aryl methyl sites for hydroxylation is 1. The second-order valence-electron chi connectivity index (χ2n) is 4.24. The number of hydrogen-bond donors (Lipinski definition) is 2. The van der Waals surface area contributed by atoms with E-state index in [9.17, 15) is 4.79 Å². The summed E-state index contributed by atoms with van der Waals surface area (Å²) < 4.78 is 5.35. The summed E-state index contributed by atoms with van der Waals surface area (Å²) in [5.41, 5.74) is 1.85. The van der Waals surface area contributed by atoms with Crippen LogP contribution in [0.25, 0.3) is 0 Å². The van der Waals surface area contributed by atoms with Crippen molar-refractivity contribution in [1.29, 1.82) is 0 Å². The van der Waals surface area contributed by atoms with Crippen LogP contribution in [0.2, 0.25) is 0 Å². The fraction of sp³-hybridized carbons (Fsp3) is 0.286. The maximum atomic E-state index is 11.8. The molecule has 0 saturated carbocycles. The maximum Gasteiger partial charge on any atom is 0.229 e. The van der Waals surface area contributed by atoms with Gasteiger partial charge in [0.05, 0.1) is 13.0 Å². The number of carbonyl (C=O) groups is 1. The van der Waals surface area contributed by atoms with E-state index in [4.69, 9.17) is 4.74 Å². The van der Waals surface area contributed by atoms with E-state index in [1.807, 2.05) is 38.1 Å². The summed E-state index contributed by atoms with van der Waals surface area (Å²) in [6, 6.07) is 9.30. The van der Waals surface area contributed by atoms with E-state index in [1.54, 1.807) is 6.07 Å². The van der Waals surface area contributed by atoms with Gasteiger partial charge in [-0.25, -0.2) is 0 Å². The van der Waals surface area contributed by atoms with Gasteiger partial charge in [0.2, 0.25) is 5.91 Å².